The van der Waals surface area contributed by atoms with Crippen LogP contribution in [-0.4, -0.2) is 28.6 Å². The second-order valence-corrected chi connectivity index (χ2v) is 7.18. The Hall–Kier alpha value is -0.943. The van der Waals surface area contributed by atoms with Gasteiger partial charge in [-0.2, -0.15) is 0 Å². The minimum absolute atomic E-state index is 0.472. The van der Waals surface area contributed by atoms with E-state index < -0.39 is 8.80 Å². The predicted octanol–water partition coefficient (Wildman–Crippen LogP) is 3.47. The number of rotatable bonds is 8. The summed E-state index contributed by atoms with van der Waals surface area (Å²) < 4.78 is 17.5. The van der Waals surface area contributed by atoms with Gasteiger partial charge in [0.2, 0.25) is 0 Å². The molecule has 0 saturated heterocycles. The fourth-order valence-corrected chi connectivity index (χ4v) is 4.79. The molecule has 0 aliphatic heterocycles. The van der Waals surface area contributed by atoms with Crippen LogP contribution in [0.2, 0.25) is 0 Å². The molecule has 0 amide bonds. The lowest BCUT2D eigenvalue weighted by molar-refractivity contribution is 0.0841. The summed E-state index contributed by atoms with van der Waals surface area (Å²) >= 11 is 0. The maximum Gasteiger partial charge on any atom is 0.529 e. The van der Waals surface area contributed by atoms with E-state index in [9.17, 15) is 0 Å². The first kappa shape index (κ1) is 15.4. The Labute approximate surface area is 122 Å². The van der Waals surface area contributed by atoms with Crippen molar-refractivity contribution in [2.24, 2.45) is 0 Å². The lowest BCUT2D eigenvalue weighted by Gasteiger charge is -2.29. The first-order valence-electron chi connectivity index (χ1n) is 7.43. The Morgan fingerprint density at radius 3 is 2.20 bits per heavy atom. The highest BCUT2D eigenvalue weighted by Crippen LogP contribution is 2.36. The van der Waals surface area contributed by atoms with Crippen LogP contribution in [0.4, 0.5) is 0 Å². The number of hydrogen-bond donors (Lipinski definition) is 0. The first-order chi connectivity index (χ1) is 9.74. The molecule has 1 aliphatic rings. The Morgan fingerprint density at radius 2 is 1.65 bits per heavy atom. The number of allylic oxidation sites excluding steroid dienone is 1. The molecule has 1 aromatic carbocycles. The molecule has 0 fully saturated rings. The summed E-state index contributed by atoms with van der Waals surface area (Å²) in [6.07, 6.45) is 3.30. The van der Waals surface area contributed by atoms with Crippen LogP contribution < -0.4 is 0 Å². The lowest BCUT2D eigenvalue weighted by atomic mass is 9.78. The van der Waals surface area contributed by atoms with Crippen molar-refractivity contribution in [3.05, 3.63) is 47.2 Å². The molecule has 2 rings (SSSR count). The molecule has 1 unspecified atom stereocenters. The minimum atomic E-state index is -2.64. The van der Waals surface area contributed by atoms with Crippen LogP contribution in [0.25, 0.3) is 0 Å². The van der Waals surface area contributed by atoms with E-state index in [0.29, 0.717) is 25.7 Å². The number of fused-ring (bicyclic) bond motifs is 1. The van der Waals surface area contributed by atoms with E-state index in [1.807, 2.05) is 20.8 Å². The third-order valence-electron chi connectivity index (χ3n) is 3.46. The SMILES string of the molecule is CCO[Si](C=CC1Cc2ccccc21)(OCC)OCC. The predicted molar refractivity (Wildman–Crippen MR) is 82.7 cm³/mol. The van der Waals surface area contributed by atoms with Gasteiger partial charge in [-0.1, -0.05) is 30.3 Å². The van der Waals surface area contributed by atoms with Gasteiger partial charge in [0, 0.05) is 25.7 Å². The quantitative estimate of drug-likeness (QED) is 0.687. The number of hydrogen-bond acceptors (Lipinski definition) is 3. The molecule has 4 heteroatoms. The third-order valence-corrected chi connectivity index (χ3v) is 6.14. The van der Waals surface area contributed by atoms with Crippen LogP contribution >= 0.6 is 0 Å². The first-order valence-corrected chi connectivity index (χ1v) is 9.23. The topological polar surface area (TPSA) is 27.7 Å². The van der Waals surface area contributed by atoms with Gasteiger partial charge in [-0.05, 0) is 44.0 Å². The van der Waals surface area contributed by atoms with Crippen LogP contribution in [0, 0.1) is 0 Å². The number of benzene rings is 1. The summed E-state index contributed by atoms with van der Waals surface area (Å²) in [5, 5.41) is 0. The molecule has 1 atom stereocenters. The molecule has 110 valence electrons. The molecule has 0 N–H and O–H groups in total. The Balaban J connectivity index is 2.09. The van der Waals surface area contributed by atoms with Crippen LogP contribution in [0.5, 0.6) is 0 Å². The van der Waals surface area contributed by atoms with E-state index in [1.165, 1.54) is 11.1 Å². The highest BCUT2D eigenvalue weighted by Gasteiger charge is 2.38. The molecule has 0 spiro atoms. The van der Waals surface area contributed by atoms with Crippen LogP contribution in [0.1, 0.15) is 37.8 Å². The summed E-state index contributed by atoms with van der Waals surface area (Å²) in [4.78, 5) is 0. The third kappa shape index (κ3) is 3.38. The van der Waals surface area contributed by atoms with Crippen molar-refractivity contribution in [3.8, 4) is 0 Å². The van der Waals surface area contributed by atoms with E-state index in [0.717, 1.165) is 6.42 Å². The fourth-order valence-electron chi connectivity index (χ4n) is 2.58. The van der Waals surface area contributed by atoms with Crippen LogP contribution in [0.15, 0.2) is 36.0 Å². The Bertz CT molecular complexity index is 442. The molecule has 0 radical (unpaired) electrons. The molecule has 0 aromatic heterocycles. The second kappa shape index (κ2) is 7.18. The van der Waals surface area contributed by atoms with E-state index in [2.05, 4.69) is 36.0 Å². The molecular formula is C16H24O3Si. The molecule has 1 aliphatic carbocycles. The van der Waals surface area contributed by atoms with E-state index in [-0.39, 0.29) is 0 Å². The Kier molecular flexibility index (Phi) is 5.54. The van der Waals surface area contributed by atoms with Crippen molar-refractivity contribution in [2.75, 3.05) is 19.8 Å². The van der Waals surface area contributed by atoms with Crippen molar-refractivity contribution in [1.82, 2.24) is 0 Å². The van der Waals surface area contributed by atoms with E-state index in [1.54, 1.807) is 0 Å². The van der Waals surface area contributed by atoms with Crippen molar-refractivity contribution in [2.45, 2.75) is 33.1 Å². The summed E-state index contributed by atoms with van der Waals surface area (Å²) in [7, 11) is -2.64. The smallest absolute Gasteiger partial charge is 0.371 e. The summed E-state index contributed by atoms with van der Waals surface area (Å²) in [6, 6.07) is 8.58. The van der Waals surface area contributed by atoms with Gasteiger partial charge >= 0.3 is 8.80 Å². The van der Waals surface area contributed by atoms with Crippen molar-refractivity contribution in [3.63, 3.8) is 0 Å². The average molecular weight is 292 g/mol. The van der Waals surface area contributed by atoms with E-state index >= 15 is 0 Å². The molecule has 0 saturated carbocycles. The van der Waals surface area contributed by atoms with Gasteiger partial charge in [-0.15, -0.1) is 0 Å². The maximum absolute atomic E-state index is 5.83. The summed E-state index contributed by atoms with van der Waals surface area (Å²) in [5.74, 6) is 0.472. The highest BCUT2D eigenvalue weighted by atomic mass is 28.4. The molecule has 3 nitrogen and oxygen atoms in total. The van der Waals surface area contributed by atoms with Crippen molar-refractivity contribution in [1.29, 1.82) is 0 Å². The van der Waals surface area contributed by atoms with Gasteiger partial charge in [-0.3, -0.25) is 0 Å². The minimum Gasteiger partial charge on any atom is -0.371 e. The van der Waals surface area contributed by atoms with Crippen LogP contribution in [-0.2, 0) is 19.7 Å². The largest absolute Gasteiger partial charge is 0.529 e. The van der Waals surface area contributed by atoms with Crippen LogP contribution in [0.3, 0.4) is 0 Å². The van der Waals surface area contributed by atoms with Crippen molar-refractivity contribution >= 4 is 8.80 Å². The molecule has 20 heavy (non-hydrogen) atoms. The zero-order valence-corrected chi connectivity index (χ0v) is 13.6. The molecule has 0 bridgehead atoms. The van der Waals surface area contributed by atoms with Crippen molar-refractivity contribution < 1.29 is 13.3 Å². The summed E-state index contributed by atoms with van der Waals surface area (Å²) in [5.41, 5.74) is 4.92. The zero-order valence-electron chi connectivity index (χ0n) is 12.6. The van der Waals surface area contributed by atoms with E-state index in [4.69, 9.17) is 13.3 Å². The van der Waals surface area contributed by atoms with Gasteiger partial charge in [0.05, 0.1) is 0 Å². The van der Waals surface area contributed by atoms with Gasteiger partial charge < -0.3 is 13.3 Å². The molecule has 0 heterocycles. The fraction of sp³-hybridized carbons (Fsp3) is 0.500. The van der Waals surface area contributed by atoms with Gasteiger partial charge in [-0.25, -0.2) is 0 Å². The normalized spacial score (nSPS) is 18.1. The highest BCUT2D eigenvalue weighted by molar-refractivity contribution is 6.66. The maximum atomic E-state index is 5.83. The summed E-state index contributed by atoms with van der Waals surface area (Å²) in [6.45, 7) is 7.76. The second-order valence-electron chi connectivity index (χ2n) is 4.77. The standard InChI is InChI=1S/C16H24O3Si/c1-4-17-20(18-5-2,19-6-3)12-11-15-13-14-9-7-8-10-16(14)15/h7-12,15H,4-6,13H2,1-3H3. The van der Waals surface area contributed by atoms with Gasteiger partial charge in [0.1, 0.15) is 0 Å². The lowest BCUT2D eigenvalue weighted by Crippen LogP contribution is -2.44. The van der Waals surface area contributed by atoms with Gasteiger partial charge in [0.25, 0.3) is 0 Å². The Morgan fingerprint density at radius 1 is 1.05 bits per heavy atom. The average Bonchev–Trinajstić information content (AvgIpc) is 2.41. The van der Waals surface area contributed by atoms with Gasteiger partial charge in [0.15, 0.2) is 0 Å². The molecular weight excluding hydrogens is 268 g/mol. The monoisotopic (exact) mass is 292 g/mol. The zero-order chi connectivity index (χ0) is 14.4. The molecule has 1 aromatic rings.